The summed E-state index contributed by atoms with van der Waals surface area (Å²) in [6.07, 6.45) is 0.452. The molecule has 0 radical (unpaired) electrons. The van der Waals surface area contributed by atoms with Crippen LogP contribution >= 0.6 is 0 Å². The molecule has 1 atom stereocenters. The van der Waals surface area contributed by atoms with Crippen LogP contribution in [0, 0.1) is 10.1 Å². The second kappa shape index (κ2) is 9.53. The van der Waals surface area contributed by atoms with E-state index >= 15 is 0 Å². The molecule has 1 aliphatic heterocycles. The summed E-state index contributed by atoms with van der Waals surface area (Å²) in [6, 6.07) is 13.2. The fourth-order valence-electron chi connectivity index (χ4n) is 3.62. The van der Waals surface area contributed by atoms with E-state index < -0.39 is 22.7 Å². The molecule has 0 saturated carbocycles. The third-order valence-corrected chi connectivity index (χ3v) is 5.01. The zero-order chi connectivity index (χ0) is 22.5. The molecule has 2 aromatic rings. The van der Waals surface area contributed by atoms with Gasteiger partial charge in [0.15, 0.2) is 0 Å². The maximum absolute atomic E-state index is 12.9. The number of aliphatic hydroxyl groups is 1. The van der Waals surface area contributed by atoms with Gasteiger partial charge in [-0.15, -0.1) is 0 Å². The molecule has 0 aromatic heterocycles. The van der Waals surface area contributed by atoms with Crippen molar-refractivity contribution >= 4 is 23.1 Å². The molecule has 8 heteroatoms. The first-order valence-electron chi connectivity index (χ1n) is 10.0. The number of nitro benzene ring substituents is 1. The smallest absolute Gasteiger partial charge is 0.295 e. The van der Waals surface area contributed by atoms with Crippen molar-refractivity contribution in [2.75, 3.05) is 13.2 Å². The van der Waals surface area contributed by atoms with Crippen LogP contribution in [0.15, 0.2) is 60.2 Å². The van der Waals surface area contributed by atoms with Gasteiger partial charge in [-0.25, -0.2) is 0 Å². The Morgan fingerprint density at radius 3 is 2.42 bits per heavy atom. The Balaban J connectivity index is 2.10. The summed E-state index contributed by atoms with van der Waals surface area (Å²) in [5.74, 6) is -2.03. The van der Waals surface area contributed by atoms with Gasteiger partial charge in [0.05, 0.1) is 28.2 Å². The predicted octanol–water partition coefficient (Wildman–Crippen LogP) is 3.83. The highest BCUT2D eigenvalue weighted by Crippen LogP contribution is 2.42. The molecule has 0 spiro atoms. The maximum atomic E-state index is 12.9. The van der Waals surface area contributed by atoms with Crippen LogP contribution in [0.1, 0.15) is 37.4 Å². The summed E-state index contributed by atoms with van der Waals surface area (Å²) in [5, 5.41) is 22.6. The number of amides is 1. The number of ether oxygens (including phenoxy) is 1. The lowest BCUT2D eigenvalue weighted by molar-refractivity contribution is -0.385. The second-order valence-corrected chi connectivity index (χ2v) is 7.45. The molecule has 1 fully saturated rings. The van der Waals surface area contributed by atoms with E-state index in [1.54, 1.807) is 36.4 Å². The highest BCUT2D eigenvalue weighted by Gasteiger charge is 2.47. The molecule has 1 N–H and O–H groups in total. The van der Waals surface area contributed by atoms with Crippen molar-refractivity contribution in [1.82, 2.24) is 4.90 Å². The van der Waals surface area contributed by atoms with Gasteiger partial charge >= 0.3 is 0 Å². The number of Topliss-reactive ketones (excluding diaryl/α,β-unsaturated/α-hetero) is 1. The number of carbonyl (C=O) groups is 2. The third kappa shape index (κ3) is 4.64. The average Bonchev–Trinajstić information content (AvgIpc) is 3.01. The standard InChI is InChI=1S/C23H24N2O6/c1-15(2)31-14-8-13-24-20(17-11-6-7-12-18(17)25(29)30)19(22(27)23(24)28)21(26)16-9-4-3-5-10-16/h3-7,9-12,15,20,26H,8,13-14H2,1-2H3/t20-/m0/s1. The molecule has 3 rings (SSSR count). The van der Waals surface area contributed by atoms with Crippen LogP contribution in [0.2, 0.25) is 0 Å². The Morgan fingerprint density at radius 2 is 1.77 bits per heavy atom. The van der Waals surface area contributed by atoms with Crippen LogP contribution in [-0.4, -0.2) is 45.9 Å². The van der Waals surface area contributed by atoms with E-state index in [1.165, 1.54) is 23.1 Å². The molecule has 8 nitrogen and oxygen atoms in total. The first kappa shape index (κ1) is 22.2. The highest BCUT2D eigenvalue weighted by atomic mass is 16.6. The van der Waals surface area contributed by atoms with E-state index in [2.05, 4.69) is 0 Å². The minimum absolute atomic E-state index is 0.0134. The van der Waals surface area contributed by atoms with Crippen molar-refractivity contribution in [2.24, 2.45) is 0 Å². The number of aliphatic hydroxyl groups excluding tert-OH is 1. The number of rotatable bonds is 8. The fraction of sp³-hybridized carbons (Fsp3) is 0.304. The average molecular weight is 424 g/mol. The van der Waals surface area contributed by atoms with Crippen LogP contribution in [0.25, 0.3) is 5.76 Å². The molecule has 162 valence electrons. The first-order valence-corrected chi connectivity index (χ1v) is 10.0. The Morgan fingerprint density at radius 1 is 1.13 bits per heavy atom. The lowest BCUT2D eigenvalue weighted by Gasteiger charge is -2.25. The van der Waals surface area contributed by atoms with Crippen molar-refractivity contribution < 1.29 is 24.4 Å². The Bertz CT molecular complexity index is 1020. The van der Waals surface area contributed by atoms with Crippen LogP contribution in [0.3, 0.4) is 0 Å². The zero-order valence-electron chi connectivity index (χ0n) is 17.4. The lowest BCUT2D eigenvalue weighted by atomic mass is 9.94. The molecule has 1 heterocycles. The van der Waals surface area contributed by atoms with E-state index in [9.17, 15) is 24.8 Å². The number of likely N-dealkylation sites (tertiary alicyclic amines) is 1. The third-order valence-electron chi connectivity index (χ3n) is 5.01. The van der Waals surface area contributed by atoms with Crippen LogP contribution in [-0.2, 0) is 14.3 Å². The topological polar surface area (TPSA) is 110 Å². The van der Waals surface area contributed by atoms with Gasteiger partial charge in [-0.05, 0) is 26.3 Å². The number of ketones is 1. The van der Waals surface area contributed by atoms with Gasteiger partial charge in [-0.3, -0.25) is 19.7 Å². The second-order valence-electron chi connectivity index (χ2n) is 7.45. The number of para-hydroxylation sites is 1. The summed E-state index contributed by atoms with van der Waals surface area (Å²) in [5.41, 5.74) is 0.147. The molecule has 1 saturated heterocycles. The summed E-state index contributed by atoms with van der Waals surface area (Å²) in [4.78, 5) is 38.2. The normalized spacial score (nSPS) is 18.0. The van der Waals surface area contributed by atoms with Crippen LogP contribution in [0.4, 0.5) is 5.69 Å². The maximum Gasteiger partial charge on any atom is 0.295 e. The van der Waals surface area contributed by atoms with Gasteiger partial charge < -0.3 is 14.7 Å². The van der Waals surface area contributed by atoms with E-state index in [1.807, 2.05) is 13.8 Å². The van der Waals surface area contributed by atoms with E-state index in [-0.39, 0.29) is 35.2 Å². The van der Waals surface area contributed by atoms with E-state index in [4.69, 9.17) is 4.74 Å². The molecular weight excluding hydrogens is 400 g/mol. The Kier molecular flexibility index (Phi) is 6.81. The summed E-state index contributed by atoms with van der Waals surface area (Å²) in [6.45, 7) is 4.29. The fourth-order valence-corrected chi connectivity index (χ4v) is 3.62. The number of hydrogen-bond acceptors (Lipinski definition) is 6. The van der Waals surface area contributed by atoms with Crippen LogP contribution < -0.4 is 0 Å². The quantitative estimate of drug-likeness (QED) is 0.172. The predicted molar refractivity (Wildman–Crippen MR) is 114 cm³/mol. The lowest BCUT2D eigenvalue weighted by Crippen LogP contribution is -2.31. The largest absolute Gasteiger partial charge is 0.507 e. The van der Waals surface area contributed by atoms with Gasteiger partial charge in [0.2, 0.25) is 0 Å². The summed E-state index contributed by atoms with van der Waals surface area (Å²) in [7, 11) is 0. The summed E-state index contributed by atoms with van der Waals surface area (Å²) >= 11 is 0. The highest BCUT2D eigenvalue weighted by molar-refractivity contribution is 6.46. The SMILES string of the molecule is CC(C)OCCCN1C(=O)C(=O)C(=C(O)c2ccccc2)[C@@H]1c1ccccc1[N+](=O)[O-]. The zero-order valence-corrected chi connectivity index (χ0v) is 17.4. The molecule has 1 amide bonds. The van der Waals surface area contributed by atoms with E-state index in [0.717, 1.165) is 0 Å². The number of carbonyl (C=O) groups excluding carboxylic acids is 2. The molecule has 1 aliphatic rings. The molecular formula is C23H24N2O6. The molecule has 2 aromatic carbocycles. The minimum atomic E-state index is -1.07. The van der Waals surface area contributed by atoms with Crippen molar-refractivity contribution in [2.45, 2.75) is 32.4 Å². The number of benzene rings is 2. The van der Waals surface area contributed by atoms with E-state index in [0.29, 0.717) is 18.6 Å². The molecule has 31 heavy (non-hydrogen) atoms. The van der Waals surface area contributed by atoms with Crippen LogP contribution in [0.5, 0.6) is 0 Å². The number of nitrogens with zero attached hydrogens (tertiary/aromatic N) is 2. The first-order chi connectivity index (χ1) is 14.8. The molecule has 0 aliphatic carbocycles. The minimum Gasteiger partial charge on any atom is -0.507 e. The molecule has 0 unspecified atom stereocenters. The summed E-state index contributed by atoms with van der Waals surface area (Å²) < 4.78 is 5.52. The van der Waals surface area contributed by atoms with Gasteiger partial charge in [0.1, 0.15) is 5.76 Å². The molecule has 0 bridgehead atoms. The van der Waals surface area contributed by atoms with Gasteiger partial charge in [0, 0.05) is 24.8 Å². The number of hydrogen-bond donors (Lipinski definition) is 1. The van der Waals surface area contributed by atoms with Crippen molar-refractivity contribution in [3.63, 3.8) is 0 Å². The number of nitro groups is 1. The van der Waals surface area contributed by atoms with Gasteiger partial charge in [0.25, 0.3) is 17.4 Å². The van der Waals surface area contributed by atoms with Gasteiger partial charge in [-0.2, -0.15) is 0 Å². The van der Waals surface area contributed by atoms with Crippen molar-refractivity contribution in [3.05, 3.63) is 81.4 Å². The van der Waals surface area contributed by atoms with Crippen molar-refractivity contribution in [3.8, 4) is 0 Å². The Labute approximate surface area is 179 Å². The Hall–Kier alpha value is -3.52. The monoisotopic (exact) mass is 424 g/mol. The van der Waals surface area contributed by atoms with Crippen molar-refractivity contribution in [1.29, 1.82) is 0 Å². The van der Waals surface area contributed by atoms with Gasteiger partial charge in [-0.1, -0.05) is 42.5 Å².